The van der Waals surface area contributed by atoms with E-state index in [0.29, 0.717) is 0 Å². The molecule has 0 aliphatic carbocycles. The van der Waals surface area contributed by atoms with Crippen LogP contribution in [0.15, 0.2) is 12.1 Å². The fraction of sp³-hybridized carbons (Fsp3) is 0.222. The molecule has 0 atom stereocenters. The summed E-state index contributed by atoms with van der Waals surface area (Å²) in [6, 6.07) is 2.17. The predicted octanol–water partition coefficient (Wildman–Crippen LogP) is 2.17. The van der Waals surface area contributed by atoms with Gasteiger partial charge in [-0.05, 0) is 19.1 Å². The Morgan fingerprint density at radius 1 is 1.44 bits per heavy atom. The second-order valence-corrected chi connectivity index (χ2v) is 3.01. The van der Waals surface area contributed by atoms with Crippen LogP contribution in [0.5, 0.6) is 5.75 Å². The van der Waals surface area contributed by atoms with Crippen molar-refractivity contribution in [2.45, 2.75) is 13.3 Å². The molecule has 1 aromatic carbocycles. The van der Waals surface area contributed by atoms with Crippen LogP contribution in [0.4, 0.5) is 18.9 Å². The molecule has 7 heteroatoms. The Morgan fingerprint density at radius 2 is 2.00 bits per heavy atom. The maximum absolute atomic E-state index is 12.0. The molecule has 0 heterocycles. The Hall–Kier alpha value is -1.92. The number of hydrogen-bond donors (Lipinski definition) is 2. The van der Waals surface area contributed by atoms with Gasteiger partial charge in [0, 0.05) is 5.56 Å². The zero-order valence-corrected chi connectivity index (χ0v) is 8.13. The number of alkyl halides is 3. The first-order valence-electron chi connectivity index (χ1n) is 4.10. The third-order valence-corrected chi connectivity index (χ3v) is 1.88. The first-order valence-corrected chi connectivity index (χ1v) is 4.10. The number of nitrogen functional groups attached to an aromatic ring is 1. The molecule has 0 saturated carbocycles. The number of ether oxygens (including phenoxy) is 1. The smallest absolute Gasteiger partial charge is 0.478 e. The van der Waals surface area contributed by atoms with Crippen LogP contribution in [0.2, 0.25) is 0 Å². The Kier molecular flexibility index (Phi) is 2.97. The van der Waals surface area contributed by atoms with Crippen molar-refractivity contribution in [3.05, 3.63) is 23.3 Å². The van der Waals surface area contributed by atoms with Crippen LogP contribution in [-0.2, 0) is 0 Å². The van der Waals surface area contributed by atoms with Crippen molar-refractivity contribution in [3.63, 3.8) is 0 Å². The van der Waals surface area contributed by atoms with Gasteiger partial charge in [0.2, 0.25) is 0 Å². The number of hydrogen-bond acceptors (Lipinski definition) is 3. The van der Waals surface area contributed by atoms with Crippen molar-refractivity contribution in [2.24, 2.45) is 0 Å². The van der Waals surface area contributed by atoms with Crippen LogP contribution >= 0.6 is 0 Å². The van der Waals surface area contributed by atoms with Gasteiger partial charge in [-0.1, -0.05) is 0 Å². The summed E-state index contributed by atoms with van der Waals surface area (Å²) >= 11 is 0. The van der Waals surface area contributed by atoms with E-state index in [-0.39, 0.29) is 16.8 Å². The van der Waals surface area contributed by atoms with Gasteiger partial charge in [-0.2, -0.15) is 0 Å². The van der Waals surface area contributed by atoms with Gasteiger partial charge in [0.25, 0.3) is 0 Å². The van der Waals surface area contributed by atoms with Gasteiger partial charge in [-0.3, -0.25) is 0 Å². The molecule has 4 nitrogen and oxygen atoms in total. The van der Waals surface area contributed by atoms with E-state index in [4.69, 9.17) is 10.8 Å². The highest BCUT2D eigenvalue weighted by Gasteiger charge is 2.33. The summed E-state index contributed by atoms with van der Waals surface area (Å²) in [5, 5.41) is 8.70. The molecule has 1 aromatic rings. The van der Waals surface area contributed by atoms with Crippen molar-refractivity contribution < 1.29 is 27.8 Å². The Bertz CT molecular complexity index is 429. The monoisotopic (exact) mass is 235 g/mol. The number of benzene rings is 1. The highest BCUT2D eigenvalue weighted by atomic mass is 19.4. The molecule has 0 radical (unpaired) electrons. The topological polar surface area (TPSA) is 72.5 Å². The summed E-state index contributed by atoms with van der Waals surface area (Å²) in [5.41, 5.74) is 4.57. The number of anilines is 1. The van der Waals surface area contributed by atoms with Crippen LogP contribution < -0.4 is 10.5 Å². The molecule has 0 aromatic heterocycles. The standard InChI is InChI=1S/C9H8F3NO3/c1-4-5(8(14)15)2-3-6(13)7(4)16-9(10,11)12/h2-3H,13H2,1H3,(H,14,15). The SMILES string of the molecule is Cc1c(C(=O)O)ccc(N)c1OC(F)(F)F. The van der Waals surface area contributed by atoms with E-state index in [2.05, 4.69) is 4.74 Å². The molecular formula is C9H8F3NO3. The minimum Gasteiger partial charge on any atom is -0.478 e. The van der Waals surface area contributed by atoms with Crippen molar-refractivity contribution >= 4 is 11.7 Å². The fourth-order valence-electron chi connectivity index (χ4n) is 1.20. The first kappa shape index (κ1) is 12.2. The third kappa shape index (κ3) is 2.56. The van der Waals surface area contributed by atoms with Crippen molar-refractivity contribution in [2.75, 3.05) is 5.73 Å². The van der Waals surface area contributed by atoms with Crippen molar-refractivity contribution in [1.29, 1.82) is 0 Å². The zero-order valence-electron chi connectivity index (χ0n) is 8.13. The lowest BCUT2D eigenvalue weighted by Crippen LogP contribution is -2.19. The number of carboxylic acids is 1. The molecule has 0 aliphatic rings. The molecule has 0 aliphatic heterocycles. The summed E-state index contributed by atoms with van der Waals surface area (Å²) in [6.45, 7) is 1.20. The predicted molar refractivity (Wildman–Crippen MR) is 49.2 cm³/mol. The Balaban J connectivity index is 3.27. The highest BCUT2D eigenvalue weighted by molar-refractivity contribution is 5.91. The average Bonchev–Trinajstić information content (AvgIpc) is 2.10. The molecule has 88 valence electrons. The van der Waals surface area contributed by atoms with Crippen LogP contribution in [0, 0.1) is 6.92 Å². The molecule has 1 rings (SSSR count). The molecule has 0 saturated heterocycles. The maximum atomic E-state index is 12.0. The van der Waals surface area contributed by atoms with Gasteiger partial charge in [-0.25, -0.2) is 4.79 Å². The molecule has 0 spiro atoms. The van der Waals surface area contributed by atoms with Gasteiger partial charge >= 0.3 is 12.3 Å². The van der Waals surface area contributed by atoms with Gasteiger partial charge in [0.1, 0.15) is 0 Å². The number of aromatic carboxylic acids is 1. The van der Waals surface area contributed by atoms with Crippen LogP contribution in [0.1, 0.15) is 15.9 Å². The summed E-state index contributed by atoms with van der Waals surface area (Å²) < 4.78 is 39.7. The minimum absolute atomic E-state index is 0.162. The number of rotatable bonds is 2. The summed E-state index contributed by atoms with van der Waals surface area (Å²) in [6.07, 6.45) is -4.91. The lowest BCUT2D eigenvalue weighted by atomic mass is 10.1. The Morgan fingerprint density at radius 3 is 2.44 bits per heavy atom. The third-order valence-electron chi connectivity index (χ3n) is 1.88. The van der Waals surface area contributed by atoms with E-state index in [1.165, 1.54) is 6.92 Å². The number of halogens is 3. The molecule has 3 N–H and O–H groups in total. The first-order chi connectivity index (χ1) is 7.22. The van der Waals surface area contributed by atoms with Crippen LogP contribution in [0.25, 0.3) is 0 Å². The molecule has 0 bridgehead atoms. The zero-order chi connectivity index (χ0) is 12.5. The summed E-state index contributed by atoms with van der Waals surface area (Å²) in [4.78, 5) is 10.7. The van der Waals surface area contributed by atoms with Crippen LogP contribution in [0.3, 0.4) is 0 Å². The molecule has 0 fully saturated rings. The molecular weight excluding hydrogens is 227 g/mol. The number of carboxylic acid groups (broad SMARTS) is 1. The largest absolute Gasteiger partial charge is 0.573 e. The van der Waals surface area contributed by atoms with E-state index in [1.807, 2.05) is 0 Å². The van der Waals surface area contributed by atoms with E-state index in [1.54, 1.807) is 0 Å². The second kappa shape index (κ2) is 3.92. The van der Waals surface area contributed by atoms with Crippen LogP contribution in [-0.4, -0.2) is 17.4 Å². The van der Waals surface area contributed by atoms with E-state index in [0.717, 1.165) is 12.1 Å². The van der Waals surface area contributed by atoms with E-state index >= 15 is 0 Å². The van der Waals surface area contributed by atoms with Gasteiger partial charge in [0.15, 0.2) is 5.75 Å². The van der Waals surface area contributed by atoms with Gasteiger partial charge in [0.05, 0.1) is 11.3 Å². The number of nitrogens with two attached hydrogens (primary N) is 1. The Labute approximate surface area is 88.4 Å². The number of carbonyl (C=O) groups is 1. The summed E-state index contributed by atoms with van der Waals surface area (Å²) in [7, 11) is 0. The van der Waals surface area contributed by atoms with Crippen molar-refractivity contribution in [3.8, 4) is 5.75 Å². The average molecular weight is 235 g/mol. The van der Waals surface area contributed by atoms with Gasteiger partial charge in [-0.15, -0.1) is 13.2 Å². The highest BCUT2D eigenvalue weighted by Crippen LogP contribution is 2.33. The summed E-state index contributed by atoms with van der Waals surface area (Å²) in [5.74, 6) is -2.02. The lowest BCUT2D eigenvalue weighted by Gasteiger charge is -2.14. The lowest BCUT2D eigenvalue weighted by molar-refractivity contribution is -0.274. The minimum atomic E-state index is -4.91. The second-order valence-electron chi connectivity index (χ2n) is 3.01. The maximum Gasteiger partial charge on any atom is 0.573 e. The fourth-order valence-corrected chi connectivity index (χ4v) is 1.20. The normalized spacial score (nSPS) is 11.2. The van der Waals surface area contributed by atoms with Gasteiger partial charge < -0.3 is 15.6 Å². The molecule has 0 amide bonds. The molecule has 0 unspecified atom stereocenters. The molecule has 16 heavy (non-hydrogen) atoms. The van der Waals surface area contributed by atoms with Crippen molar-refractivity contribution in [1.82, 2.24) is 0 Å². The van der Waals surface area contributed by atoms with E-state index in [9.17, 15) is 18.0 Å². The van der Waals surface area contributed by atoms with E-state index < -0.39 is 18.1 Å². The quantitative estimate of drug-likeness (QED) is 0.770.